The van der Waals surface area contributed by atoms with Gasteiger partial charge < -0.3 is 5.32 Å². The van der Waals surface area contributed by atoms with E-state index >= 15 is 0 Å². The number of benzene rings is 4. The lowest BCUT2D eigenvalue weighted by Crippen LogP contribution is -2.16. The normalized spacial score (nSPS) is 11.6. The molecular formula is C26H21ClFN3O5S2. The van der Waals surface area contributed by atoms with Crippen molar-refractivity contribution in [2.45, 2.75) is 16.7 Å². The average molecular weight is 574 g/mol. The molecule has 0 atom stereocenters. The van der Waals surface area contributed by atoms with Crippen LogP contribution >= 0.6 is 11.6 Å². The van der Waals surface area contributed by atoms with E-state index in [1.165, 1.54) is 66.7 Å². The van der Waals surface area contributed by atoms with Crippen LogP contribution in [0.25, 0.3) is 0 Å². The summed E-state index contributed by atoms with van der Waals surface area (Å²) in [4.78, 5) is 12.9. The lowest BCUT2D eigenvalue weighted by atomic mass is 10.2. The molecule has 196 valence electrons. The Bertz CT molecular complexity index is 1690. The second-order valence-electron chi connectivity index (χ2n) is 8.20. The van der Waals surface area contributed by atoms with Crippen molar-refractivity contribution in [3.63, 3.8) is 0 Å². The minimum absolute atomic E-state index is 0.00504. The summed E-state index contributed by atoms with van der Waals surface area (Å²) in [5.74, 6) is -1.13. The first kappa shape index (κ1) is 27.1. The second kappa shape index (κ2) is 10.8. The highest BCUT2D eigenvalue weighted by Crippen LogP contribution is 2.25. The van der Waals surface area contributed by atoms with E-state index in [0.717, 1.165) is 17.7 Å². The maximum Gasteiger partial charge on any atom is 0.261 e. The summed E-state index contributed by atoms with van der Waals surface area (Å²) in [6, 6.07) is 20.6. The SMILES string of the molecule is Cc1ccc(S(=O)(=O)Nc2ccc(Cl)c(C(=O)Nc3ccc(S(=O)(=O)Nc4ccc(F)cc4)cc3)c2)cc1. The molecule has 0 aromatic heterocycles. The van der Waals surface area contributed by atoms with Crippen molar-refractivity contribution in [2.75, 3.05) is 14.8 Å². The summed E-state index contributed by atoms with van der Waals surface area (Å²) in [5, 5.41) is 2.69. The number of hydrogen-bond donors (Lipinski definition) is 3. The maximum absolute atomic E-state index is 13.1. The van der Waals surface area contributed by atoms with Gasteiger partial charge in [0, 0.05) is 17.1 Å². The number of sulfonamides is 2. The number of carbonyl (C=O) groups excluding carboxylic acids is 1. The van der Waals surface area contributed by atoms with Crippen molar-refractivity contribution in [3.8, 4) is 0 Å². The van der Waals surface area contributed by atoms with Gasteiger partial charge in [0.25, 0.3) is 26.0 Å². The van der Waals surface area contributed by atoms with Crippen molar-refractivity contribution >= 4 is 54.6 Å². The third-order valence-electron chi connectivity index (χ3n) is 5.31. The molecule has 0 saturated heterocycles. The van der Waals surface area contributed by atoms with Gasteiger partial charge in [0.15, 0.2) is 0 Å². The molecule has 0 radical (unpaired) electrons. The van der Waals surface area contributed by atoms with Gasteiger partial charge in [0.2, 0.25) is 0 Å². The van der Waals surface area contributed by atoms with Crippen LogP contribution < -0.4 is 14.8 Å². The molecule has 0 spiro atoms. The van der Waals surface area contributed by atoms with Gasteiger partial charge in [-0.15, -0.1) is 0 Å². The predicted molar refractivity (Wildman–Crippen MR) is 145 cm³/mol. The number of halogens is 2. The molecule has 0 aliphatic heterocycles. The van der Waals surface area contributed by atoms with E-state index in [1.807, 2.05) is 6.92 Å². The zero-order valence-electron chi connectivity index (χ0n) is 19.8. The summed E-state index contributed by atoms with van der Waals surface area (Å²) in [6.07, 6.45) is 0. The topological polar surface area (TPSA) is 121 Å². The van der Waals surface area contributed by atoms with Gasteiger partial charge in [0.05, 0.1) is 20.4 Å². The van der Waals surface area contributed by atoms with Gasteiger partial charge in [-0.2, -0.15) is 0 Å². The van der Waals surface area contributed by atoms with Crippen molar-refractivity contribution in [3.05, 3.63) is 113 Å². The molecule has 12 heteroatoms. The number of anilines is 3. The van der Waals surface area contributed by atoms with Crippen LogP contribution in [0.3, 0.4) is 0 Å². The average Bonchev–Trinajstić information content (AvgIpc) is 2.87. The first-order chi connectivity index (χ1) is 17.9. The van der Waals surface area contributed by atoms with Crippen molar-refractivity contribution in [1.82, 2.24) is 0 Å². The summed E-state index contributed by atoms with van der Waals surface area (Å²) in [5.41, 5.74) is 1.51. The lowest BCUT2D eigenvalue weighted by molar-refractivity contribution is 0.102. The van der Waals surface area contributed by atoms with Crippen LogP contribution in [0.2, 0.25) is 5.02 Å². The maximum atomic E-state index is 13.1. The highest BCUT2D eigenvalue weighted by Gasteiger charge is 2.18. The van der Waals surface area contributed by atoms with Gasteiger partial charge in [-0.1, -0.05) is 29.3 Å². The van der Waals surface area contributed by atoms with E-state index in [2.05, 4.69) is 14.8 Å². The zero-order chi connectivity index (χ0) is 27.5. The van der Waals surface area contributed by atoms with E-state index in [0.29, 0.717) is 0 Å². The van der Waals surface area contributed by atoms with Crippen molar-refractivity contribution < 1.29 is 26.0 Å². The number of rotatable bonds is 8. The smallest absolute Gasteiger partial charge is 0.261 e. The fourth-order valence-electron chi connectivity index (χ4n) is 3.34. The van der Waals surface area contributed by atoms with E-state index in [9.17, 15) is 26.0 Å². The molecule has 8 nitrogen and oxygen atoms in total. The molecule has 0 aliphatic carbocycles. The Morgan fingerprint density at radius 1 is 0.684 bits per heavy atom. The summed E-state index contributed by atoms with van der Waals surface area (Å²) in [7, 11) is -7.84. The molecule has 0 bridgehead atoms. The van der Waals surface area contributed by atoms with Crippen molar-refractivity contribution in [1.29, 1.82) is 0 Å². The fourth-order valence-corrected chi connectivity index (χ4v) is 5.65. The highest BCUT2D eigenvalue weighted by atomic mass is 35.5. The molecule has 0 unspecified atom stereocenters. The lowest BCUT2D eigenvalue weighted by Gasteiger charge is -2.12. The minimum Gasteiger partial charge on any atom is -0.322 e. The Labute approximate surface area is 224 Å². The monoisotopic (exact) mass is 573 g/mol. The zero-order valence-corrected chi connectivity index (χ0v) is 22.2. The van der Waals surface area contributed by atoms with Crippen LogP contribution in [0.4, 0.5) is 21.5 Å². The van der Waals surface area contributed by atoms with Gasteiger partial charge in [-0.25, -0.2) is 21.2 Å². The predicted octanol–water partition coefficient (Wildman–Crippen LogP) is 5.64. The number of amides is 1. The number of carbonyl (C=O) groups is 1. The molecule has 0 fully saturated rings. The number of hydrogen-bond acceptors (Lipinski definition) is 5. The minimum atomic E-state index is -3.95. The van der Waals surface area contributed by atoms with Crippen LogP contribution in [0.15, 0.2) is 101 Å². The molecule has 0 aliphatic rings. The summed E-state index contributed by atoms with van der Waals surface area (Å²) < 4.78 is 68.4. The second-order valence-corrected chi connectivity index (χ2v) is 12.0. The Kier molecular flexibility index (Phi) is 7.72. The first-order valence-corrected chi connectivity index (χ1v) is 14.4. The van der Waals surface area contributed by atoms with Gasteiger partial charge >= 0.3 is 0 Å². The molecular weight excluding hydrogens is 553 g/mol. The summed E-state index contributed by atoms with van der Waals surface area (Å²) >= 11 is 6.19. The van der Waals surface area contributed by atoms with Crippen LogP contribution in [-0.2, 0) is 20.0 Å². The molecule has 4 aromatic carbocycles. The van der Waals surface area contributed by atoms with Crippen molar-refractivity contribution in [2.24, 2.45) is 0 Å². The van der Waals surface area contributed by atoms with Crippen LogP contribution in [-0.4, -0.2) is 22.7 Å². The molecule has 38 heavy (non-hydrogen) atoms. The third kappa shape index (κ3) is 6.49. The largest absolute Gasteiger partial charge is 0.322 e. The molecule has 1 amide bonds. The van der Waals surface area contributed by atoms with E-state index in [4.69, 9.17) is 11.6 Å². The van der Waals surface area contributed by atoms with Crippen LogP contribution in [0.5, 0.6) is 0 Å². The first-order valence-electron chi connectivity index (χ1n) is 11.0. The standard InChI is InChI=1S/C26H21ClFN3O5S2/c1-17-2-11-22(12-3-17)38(35,36)31-21-10-15-25(27)24(16-21)26(32)29-19-8-13-23(14-9-19)37(33,34)30-20-6-4-18(28)5-7-20/h2-16,30-31H,1H3,(H,29,32). The molecule has 0 heterocycles. The fraction of sp³-hybridized carbons (Fsp3) is 0.0385. The Balaban J connectivity index is 1.48. The summed E-state index contributed by atoms with van der Waals surface area (Å²) in [6.45, 7) is 1.84. The molecule has 3 N–H and O–H groups in total. The Hall–Kier alpha value is -3.93. The van der Waals surface area contributed by atoms with Gasteiger partial charge in [0.1, 0.15) is 5.82 Å². The highest BCUT2D eigenvalue weighted by molar-refractivity contribution is 7.93. The quantitative estimate of drug-likeness (QED) is 0.252. The molecule has 4 aromatic rings. The number of nitrogens with one attached hydrogen (secondary N) is 3. The Morgan fingerprint density at radius 3 is 1.74 bits per heavy atom. The molecule has 4 rings (SSSR count). The van der Waals surface area contributed by atoms with E-state index in [-0.39, 0.29) is 37.4 Å². The van der Waals surface area contributed by atoms with Gasteiger partial charge in [-0.3, -0.25) is 14.2 Å². The third-order valence-corrected chi connectivity index (χ3v) is 8.44. The van der Waals surface area contributed by atoms with Crippen LogP contribution in [0.1, 0.15) is 15.9 Å². The van der Waals surface area contributed by atoms with E-state index < -0.39 is 31.8 Å². The van der Waals surface area contributed by atoms with Crippen LogP contribution in [0, 0.1) is 12.7 Å². The van der Waals surface area contributed by atoms with Gasteiger partial charge in [-0.05, 0) is 85.8 Å². The van der Waals surface area contributed by atoms with E-state index in [1.54, 1.807) is 12.1 Å². The Morgan fingerprint density at radius 2 is 1.16 bits per heavy atom. The number of aryl methyl sites for hydroxylation is 1. The molecule has 0 saturated carbocycles.